The Morgan fingerprint density at radius 3 is 2.81 bits per heavy atom. The fraction of sp³-hybridized carbons (Fsp3) is 0.529. The van der Waals surface area contributed by atoms with Gasteiger partial charge in [0.25, 0.3) is 5.69 Å². The van der Waals surface area contributed by atoms with Gasteiger partial charge >= 0.3 is 0 Å². The van der Waals surface area contributed by atoms with Gasteiger partial charge in [0.05, 0.1) is 34.0 Å². The molecule has 0 spiro atoms. The third-order valence-electron chi connectivity index (χ3n) is 4.84. The maximum absolute atomic E-state index is 12.8. The highest BCUT2D eigenvalue weighted by Crippen LogP contribution is 2.38. The fourth-order valence-corrected chi connectivity index (χ4v) is 6.48. The van der Waals surface area contributed by atoms with Crippen molar-refractivity contribution in [1.82, 2.24) is 14.5 Å². The number of morpholine rings is 1. The van der Waals surface area contributed by atoms with Gasteiger partial charge in [-0.05, 0) is 36.7 Å². The van der Waals surface area contributed by atoms with E-state index in [1.165, 1.54) is 27.8 Å². The standard InChI is InChI=1S/C17H21N5O6S3/c23-22(24)14-10-13(31(25,26)21-5-8-27-9-6-21)3-4-15(14)29-17-20-19-16(30-17)18-11-12-2-1-7-28-12/h3-4,10,12H,1-2,5-9,11H2,(H,18,19)/t12-/m1/s1. The molecule has 2 aliphatic rings. The number of benzene rings is 1. The number of aromatic nitrogens is 2. The highest BCUT2D eigenvalue weighted by atomic mass is 32.2. The molecule has 0 bridgehead atoms. The molecule has 2 aromatic rings. The highest BCUT2D eigenvalue weighted by molar-refractivity contribution is 8.01. The Morgan fingerprint density at radius 1 is 1.29 bits per heavy atom. The summed E-state index contributed by atoms with van der Waals surface area (Å²) in [5.41, 5.74) is -0.289. The van der Waals surface area contributed by atoms with Crippen LogP contribution in [0.5, 0.6) is 0 Å². The lowest BCUT2D eigenvalue weighted by Crippen LogP contribution is -2.40. The molecule has 4 rings (SSSR count). The maximum Gasteiger partial charge on any atom is 0.284 e. The van der Waals surface area contributed by atoms with Crippen molar-refractivity contribution in [3.63, 3.8) is 0 Å². The summed E-state index contributed by atoms with van der Waals surface area (Å²) in [6, 6.07) is 3.93. The quantitative estimate of drug-likeness (QED) is 0.436. The Labute approximate surface area is 187 Å². The summed E-state index contributed by atoms with van der Waals surface area (Å²) in [4.78, 5) is 11.2. The van der Waals surface area contributed by atoms with Gasteiger partial charge in [-0.25, -0.2) is 8.42 Å². The SMILES string of the molecule is O=[N+]([O-])c1cc(S(=O)(=O)N2CCOCC2)ccc1Sc1nnc(NC[C@H]2CCCO2)s1. The lowest BCUT2D eigenvalue weighted by molar-refractivity contribution is -0.388. The van der Waals surface area contributed by atoms with Crippen molar-refractivity contribution in [2.24, 2.45) is 0 Å². The number of ether oxygens (including phenoxy) is 2. The number of anilines is 1. The van der Waals surface area contributed by atoms with Gasteiger partial charge < -0.3 is 14.8 Å². The van der Waals surface area contributed by atoms with Gasteiger partial charge in [-0.1, -0.05) is 11.3 Å². The first-order valence-electron chi connectivity index (χ1n) is 9.66. The van der Waals surface area contributed by atoms with Crippen LogP contribution in [0.15, 0.2) is 32.3 Å². The van der Waals surface area contributed by atoms with Crippen molar-refractivity contribution in [1.29, 1.82) is 0 Å². The van der Waals surface area contributed by atoms with Gasteiger partial charge in [0.15, 0.2) is 4.34 Å². The summed E-state index contributed by atoms with van der Waals surface area (Å²) in [6.45, 7) is 2.45. The summed E-state index contributed by atoms with van der Waals surface area (Å²) in [7, 11) is -3.83. The van der Waals surface area contributed by atoms with E-state index in [-0.39, 0.29) is 29.8 Å². The van der Waals surface area contributed by atoms with Crippen LogP contribution in [0.2, 0.25) is 0 Å². The van der Waals surface area contributed by atoms with E-state index >= 15 is 0 Å². The molecule has 31 heavy (non-hydrogen) atoms. The first-order chi connectivity index (χ1) is 14.9. The first kappa shape index (κ1) is 22.4. The molecule has 0 saturated carbocycles. The van der Waals surface area contributed by atoms with Crippen molar-refractivity contribution in [2.45, 2.75) is 33.1 Å². The summed E-state index contributed by atoms with van der Waals surface area (Å²) < 4.78 is 38.2. The van der Waals surface area contributed by atoms with Crippen molar-refractivity contribution >= 4 is 43.9 Å². The second kappa shape index (κ2) is 9.75. The van der Waals surface area contributed by atoms with E-state index in [4.69, 9.17) is 9.47 Å². The number of nitro benzene ring substituents is 1. The van der Waals surface area contributed by atoms with Crippen molar-refractivity contribution in [2.75, 3.05) is 44.8 Å². The van der Waals surface area contributed by atoms with Gasteiger partial charge in [0.1, 0.15) is 0 Å². The van der Waals surface area contributed by atoms with Gasteiger partial charge in [-0.2, -0.15) is 4.31 Å². The highest BCUT2D eigenvalue weighted by Gasteiger charge is 2.29. The molecule has 168 valence electrons. The monoisotopic (exact) mass is 487 g/mol. The van der Waals surface area contributed by atoms with E-state index in [1.807, 2.05) is 0 Å². The average Bonchev–Trinajstić information content (AvgIpc) is 3.45. The second-order valence-electron chi connectivity index (χ2n) is 6.89. The molecule has 1 aromatic carbocycles. The predicted octanol–water partition coefficient (Wildman–Crippen LogP) is 2.21. The Morgan fingerprint density at radius 2 is 2.10 bits per heavy atom. The molecule has 0 aliphatic carbocycles. The Hall–Kier alpha value is -1.84. The number of hydrogen-bond donors (Lipinski definition) is 1. The number of nitro groups is 1. The van der Waals surface area contributed by atoms with Crippen LogP contribution in [0, 0.1) is 10.1 Å². The normalized spacial score (nSPS) is 20.1. The molecule has 2 aliphatic heterocycles. The number of nitrogens with one attached hydrogen (secondary N) is 1. The summed E-state index contributed by atoms with van der Waals surface area (Å²) in [5, 5.41) is 23.5. The summed E-state index contributed by atoms with van der Waals surface area (Å²) in [6.07, 6.45) is 2.20. The molecule has 2 saturated heterocycles. The molecule has 11 nitrogen and oxygen atoms in total. The Kier molecular flexibility index (Phi) is 7.03. The molecule has 0 radical (unpaired) electrons. The topological polar surface area (TPSA) is 137 Å². The van der Waals surface area contributed by atoms with Crippen LogP contribution in [0.25, 0.3) is 0 Å². The predicted molar refractivity (Wildman–Crippen MR) is 114 cm³/mol. The molecule has 3 heterocycles. The minimum atomic E-state index is -3.83. The average molecular weight is 488 g/mol. The molecule has 2 fully saturated rings. The van der Waals surface area contributed by atoms with E-state index in [1.54, 1.807) is 0 Å². The van der Waals surface area contributed by atoms with Crippen molar-refractivity contribution in [3.8, 4) is 0 Å². The van der Waals surface area contributed by atoms with Gasteiger partial charge in [0, 0.05) is 32.3 Å². The zero-order chi connectivity index (χ0) is 21.8. The fourth-order valence-electron chi connectivity index (χ4n) is 3.25. The summed E-state index contributed by atoms with van der Waals surface area (Å²) in [5.74, 6) is 0. The zero-order valence-electron chi connectivity index (χ0n) is 16.4. The minimum Gasteiger partial charge on any atom is -0.379 e. The van der Waals surface area contributed by atoms with Gasteiger partial charge in [0.2, 0.25) is 15.2 Å². The van der Waals surface area contributed by atoms with Crippen molar-refractivity contribution in [3.05, 3.63) is 28.3 Å². The lowest BCUT2D eigenvalue weighted by Gasteiger charge is -2.26. The van der Waals surface area contributed by atoms with E-state index in [0.29, 0.717) is 34.1 Å². The number of nitrogens with zero attached hydrogens (tertiary/aromatic N) is 4. The van der Waals surface area contributed by atoms with Crippen molar-refractivity contribution < 1.29 is 22.8 Å². The molecule has 1 atom stereocenters. The third kappa shape index (κ3) is 5.32. The minimum absolute atomic E-state index is 0.110. The van der Waals surface area contributed by atoms with Crippen LogP contribution in [-0.2, 0) is 19.5 Å². The molecular formula is C17H21N5O6S3. The van der Waals surface area contributed by atoms with Gasteiger partial charge in [-0.3, -0.25) is 10.1 Å². The number of rotatable bonds is 8. The molecular weight excluding hydrogens is 466 g/mol. The third-order valence-corrected chi connectivity index (χ3v) is 8.74. The molecule has 1 N–H and O–H groups in total. The summed E-state index contributed by atoms with van der Waals surface area (Å²) >= 11 is 2.36. The van der Waals surface area contributed by atoms with E-state index in [2.05, 4.69) is 15.5 Å². The number of sulfonamides is 1. The van der Waals surface area contributed by atoms with E-state index in [9.17, 15) is 18.5 Å². The van der Waals surface area contributed by atoms with Crippen LogP contribution in [0.1, 0.15) is 12.8 Å². The second-order valence-corrected chi connectivity index (χ2v) is 11.1. The number of hydrogen-bond acceptors (Lipinski definition) is 11. The van der Waals surface area contributed by atoms with Crippen LogP contribution in [-0.4, -0.2) is 73.4 Å². The van der Waals surface area contributed by atoms with Crippen LogP contribution >= 0.6 is 23.1 Å². The first-order valence-corrected chi connectivity index (χ1v) is 12.7. The molecule has 1 aromatic heterocycles. The Bertz CT molecular complexity index is 1030. The largest absolute Gasteiger partial charge is 0.379 e. The zero-order valence-corrected chi connectivity index (χ0v) is 18.9. The lowest BCUT2D eigenvalue weighted by atomic mass is 10.2. The van der Waals surface area contributed by atoms with E-state index < -0.39 is 14.9 Å². The van der Waals surface area contributed by atoms with E-state index in [0.717, 1.165) is 37.3 Å². The van der Waals surface area contributed by atoms with Crippen LogP contribution in [0.3, 0.4) is 0 Å². The van der Waals surface area contributed by atoms with Crippen LogP contribution in [0.4, 0.5) is 10.8 Å². The molecule has 0 amide bonds. The Balaban J connectivity index is 1.49. The molecule has 0 unspecified atom stereocenters. The van der Waals surface area contributed by atoms with Gasteiger partial charge in [-0.15, -0.1) is 10.2 Å². The molecule has 14 heteroatoms. The maximum atomic E-state index is 12.8. The van der Waals surface area contributed by atoms with Crippen LogP contribution < -0.4 is 5.32 Å². The smallest absolute Gasteiger partial charge is 0.284 e.